The van der Waals surface area contributed by atoms with Crippen LogP contribution in [0.5, 0.6) is 0 Å². The SMILES string of the molecule is CCCC[N+]1(C)N=C(C)C(CO)=C1c1ccc(-c2ccccc2-c2nnn[nH]2)cc1. The summed E-state index contributed by atoms with van der Waals surface area (Å²) in [7, 11) is 2.12. The number of aliphatic hydroxyl groups excluding tert-OH is 1. The van der Waals surface area contributed by atoms with Crippen molar-refractivity contribution in [1.29, 1.82) is 0 Å². The number of hydrogen-bond acceptors (Lipinski definition) is 5. The number of benzene rings is 2. The zero-order chi connectivity index (χ0) is 21.1. The molecule has 0 radical (unpaired) electrons. The standard InChI is InChI=1S/C23H27N6O/c1-4-5-14-29(3)22(21(15-30)16(2)26-29)18-12-10-17(11-13-18)19-8-6-7-9-20(19)23-24-27-28-25-23/h6-13,30H,4-5,14-15H2,1-3H3,(H,24,25,27,28)/q+1. The first kappa shape index (κ1) is 20.1. The molecule has 1 aromatic heterocycles. The number of aromatic amines is 1. The summed E-state index contributed by atoms with van der Waals surface area (Å²) in [6, 6.07) is 16.5. The Kier molecular flexibility index (Phi) is 5.57. The molecule has 0 saturated heterocycles. The lowest BCUT2D eigenvalue weighted by Crippen LogP contribution is -2.35. The van der Waals surface area contributed by atoms with Crippen molar-refractivity contribution < 1.29 is 9.70 Å². The predicted octanol–water partition coefficient (Wildman–Crippen LogP) is 3.87. The van der Waals surface area contributed by atoms with E-state index in [2.05, 4.69) is 64.9 Å². The molecule has 0 amide bonds. The van der Waals surface area contributed by atoms with Crippen LogP contribution in [0.4, 0.5) is 0 Å². The zero-order valence-electron chi connectivity index (χ0n) is 17.6. The van der Waals surface area contributed by atoms with Gasteiger partial charge in [-0.2, -0.15) is 4.59 Å². The minimum absolute atomic E-state index is 0.00624. The van der Waals surface area contributed by atoms with Crippen LogP contribution in [-0.2, 0) is 0 Å². The lowest BCUT2D eigenvalue weighted by Gasteiger charge is -2.27. The van der Waals surface area contributed by atoms with Crippen LogP contribution in [0.2, 0.25) is 0 Å². The normalized spacial score (nSPS) is 18.7. The zero-order valence-corrected chi connectivity index (χ0v) is 17.6. The quantitative estimate of drug-likeness (QED) is 0.586. The molecule has 0 bridgehead atoms. The third-order valence-electron chi connectivity index (χ3n) is 5.68. The molecule has 1 unspecified atom stereocenters. The molecular formula is C23H27N6O+. The van der Waals surface area contributed by atoms with Crippen molar-refractivity contribution >= 4 is 11.4 Å². The molecule has 4 rings (SSSR count). The number of aromatic nitrogens is 4. The van der Waals surface area contributed by atoms with Gasteiger partial charge in [-0.3, -0.25) is 0 Å². The van der Waals surface area contributed by atoms with E-state index in [1.807, 2.05) is 25.1 Å². The molecule has 0 aliphatic carbocycles. The molecule has 2 N–H and O–H groups in total. The van der Waals surface area contributed by atoms with Gasteiger partial charge < -0.3 is 5.11 Å². The van der Waals surface area contributed by atoms with Crippen LogP contribution in [0.3, 0.4) is 0 Å². The summed E-state index contributed by atoms with van der Waals surface area (Å²) < 4.78 is 0.481. The van der Waals surface area contributed by atoms with E-state index in [-0.39, 0.29) is 6.61 Å². The second-order valence-corrected chi connectivity index (χ2v) is 7.76. The highest BCUT2D eigenvalue weighted by Crippen LogP contribution is 2.37. The Morgan fingerprint density at radius 1 is 1.00 bits per heavy atom. The fraction of sp³-hybridized carbons (Fsp3) is 0.304. The Hall–Kier alpha value is -3.16. The molecule has 2 heterocycles. The van der Waals surface area contributed by atoms with Gasteiger partial charge in [0.05, 0.1) is 19.2 Å². The fourth-order valence-electron chi connectivity index (χ4n) is 4.20. The van der Waals surface area contributed by atoms with Gasteiger partial charge in [-0.05, 0) is 47.0 Å². The summed E-state index contributed by atoms with van der Waals surface area (Å²) in [6.45, 7) is 5.08. The van der Waals surface area contributed by atoms with Crippen molar-refractivity contribution in [3.63, 3.8) is 0 Å². The highest BCUT2D eigenvalue weighted by molar-refractivity contribution is 6.05. The summed E-state index contributed by atoms with van der Waals surface area (Å²) in [5, 5.41) is 29.2. The van der Waals surface area contributed by atoms with E-state index in [9.17, 15) is 5.11 Å². The van der Waals surface area contributed by atoms with E-state index in [4.69, 9.17) is 5.10 Å². The third kappa shape index (κ3) is 3.58. The molecule has 1 atom stereocenters. The van der Waals surface area contributed by atoms with E-state index < -0.39 is 0 Å². The number of H-pyrrole nitrogens is 1. The van der Waals surface area contributed by atoms with E-state index >= 15 is 0 Å². The van der Waals surface area contributed by atoms with E-state index in [1.54, 1.807) is 0 Å². The number of hydrogen-bond donors (Lipinski definition) is 2. The Bertz CT molecular complexity index is 1090. The molecule has 30 heavy (non-hydrogen) atoms. The highest BCUT2D eigenvalue weighted by atomic mass is 16.3. The number of tetrazole rings is 1. The summed E-state index contributed by atoms with van der Waals surface area (Å²) in [4.78, 5) is 0. The van der Waals surface area contributed by atoms with Crippen LogP contribution < -0.4 is 0 Å². The third-order valence-corrected chi connectivity index (χ3v) is 5.68. The Balaban J connectivity index is 1.73. The molecule has 1 aliphatic heterocycles. The number of nitrogens with one attached hydrogen (secondary N) is 1. The second kappa shape index (κ2) is 8.30. The van der Waals surface area contributed by atoms with E-state index in [0.717, 1.165) is 58.6 Å². The summed E-state index contributed by atoms with van der Waals surface area (Å²) in [5.41, 5.74) is 7.10. The molecule has 0 fully saturated rings. The van der Waals surface area contributed by atoms with Gasteiger partial charge in [0.1, 0.15) is 12.3 Å². The number of quaternary nitrogens is 1. The summed E-state index contributed by atoms with van der Waals surface area (Å²) in [5.74, 6) is 0.642. The first-order chi connectivity index (χ1) is 14.6. The van der Waals surface area contributed by atoms with E-state index in [0.29, 0.717) is 10.4 Å². The maximum atomic E-state index is 10.0. The van der Waals surface area contributed by atoms with Crippen molar-refractivity contribution in [2.75, 3.05) is 20.2 Å². The average Bonchev–Trinajstić information content (AvgIpc) is 3.38. The minimum atomic E-state index is -0.00624. The van der Waals surface area contributed by atoms with Crippen LogP contribution in [-0.4, -0.2) is 56.2 Å². The van der Waals surface area contributed by atoms with Gasteiger partial charge in [0.2, 0.25) is 0 Å². The maximum absolute atomic E-state index is 10.0. The summed E-state index contributed by atoms with van der Waals surface area (Å²) in [6.07, 6.45) is 2.18. The van der Waals surface area contributed by atoms with Gasteiger partial charge in [0, 0.05) is 11.1 Å². The smallest absolute Gasteiger partial charge is 0.180 e. The Morgan fingerprint density at radius 3 is 2.33 bits per heavy atom. The lowest BCUT2D eigenvalue weighted by molar-refractivity contribution is -0.844. The monoisotopic (exact) mass is 403 g/mol. The molecule has 7 nitrogen and oxygen atoms in total. The molecule has 0 saturated carbocycles. The average molecular weight is 404 g/mol. The number of rotatable bonds is 7. The van der Waals surface area contributed by atoms with Gasteiger partial charge in [-0.25, -0.2) is 5.10 Å². The highest BCUT2D eigenvalue weighted by Gasteiger charge is 2.38. The van der Waals surface area contributed by atoms with Gasteiger partial charge in [0.25, 0.3) is 0 Å². The van der Waals surface area contributed by atoms with Crippen molar-refractivity contribution in [2.24, 2.45) is 5.10 Å². The molecule has 2 aromatic carbocycles. The number of nitrogens with zero attached hydrogens (tertiary/aromatic N) is 5. The number of unbranched alkanes of at least 4 members (excludes halogenated alkanes) is 1. The van der Waals surface area contributed by atoms with Crippen LogP contribution in [0.1, 0.15) is 32.3 Å². The molecule has 154 valence electrons. The van der Waals surface area contributed by atoms with Gasteiger partial charge in [-0.1, -0.05) is 54.8 Å². The molecule has 0 spiro atoms. The molecule has 7 heteroatoms. The van der Waals surface area contributed by atoms with Crippen LogP contribution in [0.15, 0.2) is 59.2 Å². The van der Waals surface area contributed by atoms with Crippen molar-refractivity contribution in [2.45, 2.75) is 26.7 Å². The number of aliphatic hydroxyl groups is 1. The van der Waals surface area contributed by atoms with E-state index in [1.165, 1.54) is 0 Å². The van der Waals surface area contributed by atoms with Crippen LogP contribution in [0.25, 0.3) is 28.2 Å². The first-order valence-electron chi connectivity index (χ1n) is 10.3. The van der Waals surface area contributed by atoms with Gasteiger partial charge >= 0.3 is 0 Å². The fourth-order valence-corrected chi connectivity index (χ4v) is 4.20. The van der Waals surface area contributed by atoms with Crippen LogP contribution >= 0.6 is 0 Å². The lowest BCUT2D eigenvalue weighted by atomic mass is 9.96. The van der Waals surface area contributed by atoms with Gasteiger partial charge in [-0.15, -0.1) is 5.10 Å². The molecule has 3 aromatic rings. The maximum Gasteiger partial charge on any atom is 0.180 e. The largest absolute Gasteiger partial charge is 0.391 e. The van der Waals surface area contributed by atoms with Crippen molar-refractivity contribution in [3.05, 3.63) is 59.7 Å². The minimum Gasteiger partial charge on any atom is -0.391 e. The van der Waals surface area contributed by atoms with Crippen molar-refractivity contribution in [3.8, 4) is 22.5 Å². The second-order valence-electron chi connectivity index (χ2n) is 7.76. The molecular weight excluding hydrogens is 376 g/mol. The molecule has 1 aliphatic rings. The van der Waals surface area contributed by atoms with Crippen molar-refractivity contribution in [1.82, 2.24) is 20.6 Å². The summed E-state index contributed by atoms with van der Waals surface area (Å²) >= 11 is 0. The Labute approximate surface area is 176 Å². The van der Waals surface area contributed by atoms with Crippen LogP contribution in [0, 0.1) is 0 Å². The topological polar surface area (TPSA) is 87.1 Å². The van der Waals surface area contributed by atoms with Gasteiger partial charge in [0.15, 0.2) is 11.5 Å². The Morgan fingerprint density at radius 2 is 1.70 bits per heavy atom. The first-order valence-corrected chi connectivity index (χ1v) is 10.3. The predicted molar refractivity (Wildman–Crippen MR) is 118 cm³/mol.